The largest absolute Gasteiger partial charge is 0.480 e. The first-order chi connectivity index (χ1) is 4.80. The SMILES string of the molecule is CN(C(N)=O)C(C)(C)C(=O)O. The van der Waals surface area contributed by atoms with Gasteiger partial charge in [0.15, 0.2) is 0 Å². The zero-order chi connectivity index (χ0) is 9.23. The number of carboxylic acid groups (broad SMARTS) is 1. The van der Waals surface area contributed by atoms with Crippen LogP contribution in [-0.2, 0) is 4.79 Å². The van der Waals surface area contributed by atoms with Crippen LogP contribution in [0.5, 0.6) is 0 Å². The normalized spacial score (nSPS) is 10.8. The molecule has 0 radical (unpaired) electrons. The van der Waals surface area contributed by atoms with Crippen molar-refractivity contribution in [2.24, 2.45) is 5.73 Å². The van der Waals surface area contributed by atoms with Gasteiger partial charge in [0.1, 0.15) is 5.54 Å². The molecular formula is C6H12N2O3. The molecule has 0 bridgehead atoms. The summed E-state index contributed by atoms with van der Waals surface area (Å²) in [6.45, 7) is 2.81. The number of aliphatic carboxylic acids is 1. The number of primary amides is 1. The van der Waals surface area contributed by atoms with Crippen LogP contribution in [0.15, 0.2) is 0 Å². The predicted octanol–water partition coefficient (Wildman–Crippen LogP) is -0.140. The van der Waals surface area contributed by atoms with Gasteiger partial charge in [-0.05, 0) is 13.8 Å². The van der Waals surface area contributed by atoms with Gasteiger partial charge in [-0.25, -0.2) is 9.59 Å². The van der Waals surface area contributed by atoms with Crippen LogP contribution in [0.3, 0.4) is 0 Å². The molecule has 0 aliphatic rings. The Balaban J connectivity index is 4.55. The third kappa shape index (κ3) is 1.83. The van der Waals surface area contributed by atoms with Gasteiger partial charge in [-0.3, -0.25) is 0 Å². The van der Waals surface area contributed by atoms with Gasteiger partial charge < -0.3 is 15.7 Å². The number of hydrogen-bond donors (Lipinski definition) is 2. The van der Waals surface area contributed by atoms with Crippen LogP contribution in [-0.4, -0.2) is 34.6 Å². The van der Waals surface area contributed by atoms with E-state index in [1.54, 1.807) is 0 Å². The van der Waals surface area contributed by atoms with Gasteiger partial charge in [0, 0.05) is 7.05 Å². The lowest BCUT2D eigenvalue weighted by Gasteiger charge is -2.29. The van der Waals surface area contributed by atoms with Gasteiger partial charge in [-0.15, -0.1) is 0 Å². The monoisotopic (exact) mass is 160 g/mol. The quantitative estimate of drug-likeness (QED) is 0.589. The number of carbonyl (C=O) groups is 2. The lowest BCUT2D eigenvalue weighted by Crippen LogP contribution is -2.52. The number of carboxylic acids is 1. The highest BCUT2D eigenvalue weighted by Gasteiger charge is 2.33. The van der Waals surface area contributed by atoms with Crippen molar-refractivity contribution in [2.75, 3.05) is 7.05 Å². The standard InChI is InChI=1S/C6H12N2O3/c1-6(2,4(9)10)8(3)5(7)11/h1-3H3,(H2,7,11)(H,9,10). The van der Waals surface area contributed by atoms with E-state index in [0.29, 0.717) is 0 Å². The molecule has 0 unspecified atom stereocenters. The van der Waals surface area contributed by atoms with Crippen molar-refractivity contribution < 1.29 is 14.7 Å². The van der Waals surface area contributed by atoms with Crippen molar-refractivity contribution in [3.05, 3.63) is 0 Å². The van der Waals surface area contributed by atoms with Crippen LogP contribution in [0.1, 0.15) is 13.8 Å². The summed E-state index contributed by atoms with van der Waals surface area (Å²) in [5.74, 6) is -1.08. The zero-order valence-corrected chi connectivity index (χ0v) is 6.79. The molecule has 0 saturated carbocycles. The van der Waals surface area contributed by atoms with Crippen molar-refractivity contribution in [3.63, 3.8) is 0 Å². The molecule has 2 amide bonds. The van der Waals surface area contributed by atoms with Crippen LogP contribution in [0, 0.1) is 0 Å². The van der Waals surface area contributed by atoms with Crippen LogP contribution >= 0.6 is 0 Å². The van der Waals surface area contributed by atoms with Gasteiger partial charge in [-0.2, -0.15) is 0 Å². The average Bonchev–Trinajstić information content (AvgIpc) is 1.85. The molecule has 11 heavy (non-hydrogen) atoms. The fraction of sp³-hybridized carbons (Fsp3) is 0.667. The molecule has 0 spiro atoms. The third-order valence-corrected chi connectivity index (χ3v) is 1.69. The molecule has 5 nitrogen and oxygen atoms in total. The fourth-order valence-corrected chi connectivity index (χ4v) is 0.419. The first kappa shape index (κ1) is 9.74. The highest BCUT2D eigenvalue weighted by molar-refractivity contribution is 5.84. The minimum absolute atomic E-state index is 0.752. The summed E-state index contributed by atoms with van der Waals surface area (Å²) in [6, 6.07) is -0.752. The molecule has 0 fully saturated rings. The molecule has 0 rings (SSSR count). The van der Waals surface area contributed by atoms with Crippen molar-refractivity contribution in [2.45, 2.75) is 19.4 Å². The van der Waals surface area contributed by atoms with E-state index < -0.39 is 17.5 Å². The number of nitrogens with zero attached hydrogens (tertiary/aromatic N) is 1. The first-order valence-corrected chi connectivity index (χ1v) is 3.06. The Morgan fingerprint density at radius 2 is 1.82 bits per heavy atom. The number of hydrogen-bond acceptors (Lipinski definition) is 2. The Bertz CT molecular complexity index is 188. The number of rotatable bonds is 2. The predicted molar refractivity (Wildman–Crippen MR) is 39.1 cm³/mol. The van der Waals surface area contributed by atoms with Crippen LogP contribution in [0.2, 0.25) is 0 Å². The number of amides is 2. The van der Waals surface area contributed by atoms with Gasteiger partial charge in [0.25, 0.3) is 0 Å². The Hall–Kier alpha value is -1.26. The van der Waals surface area contributed by atoms with Gasteiger partial charge in [0.05, 0.1) is 0 Å². The van der Waals surface area contributed by atoms with Crippen LogP contribution in [0.4, 0.5) is 4.79 Å². The zero-order valence-electron chi connectivity index (χ0n) is 6.79. The van der Waals surface area contributed by atoms with E-state index in [0.717, 1.165) is 4.90 Å². The van der Waals surface area contributed by atoms with Crippen LogP contribution < -0.4 is 5.73 Å². The number of likely N-dealkylation sites (N-methyl/N-ethyl adjacent to an activating group) is 1. The van der Waals surface area contributed by atoms with E-state index in [1.807, 2.05) is 0 Å². The van der Waals surface area contributed by atoms with E-state index in [2.05, 4.69) is 0 Å². The summed E-state index contributed by atoms with van der Waals surface area (Å²) in [7, 11) is 1.34. The summed E-state index contributed by atoms with van der Waals surface area (Å²) in [5.41, 5.74) is 3.64. The highest BCUT2D eigenvalue weighted by Crippen LogP contribution is 2.11. The smallest absolute Gasteiger partial charge is 0.329 e. The molecular weight excluding hydrogens is 148 g/mol. The minimum atomic E-state index is -1.24. The maximum absolute atomic E-state index is 10.5. The van der Waals surface area contributed by atoms with Crippen molar-refractivity contribution in [1.82, 2.24) is 4.90 Å². The van der Waals surface area contributed by atoms with E-state index in [1.165, 1.54) is 20.9 Å². The van der Waals surface area contributed by atoms with E-state index >= 15 is 0 Å². The number of urea groups is 1. The summed E-state index contributed by atoms with van der Waals surface area (Å²) in [6.07, 6.45) is 0. The first-order valence-electron chi connectivity index (χ1n) is 3.06. The maximum Gasteiger partial charge on any atom is 0.329 e. The topological polar surface area (TPSA) is 83.6 Å². The second kappa shape index (κ2) is 2.77. The lowest BCUT2D eigenvalue weighted by molar-refractivity contribution is -0.146. The number of nitrogens with two attached hydrogens (primary N) is 1. The van der Waals surface area contributed by atoms with Crippen molar-refractivity contribution in [1.29, 1.82) is 0 Å². The minimum Gasteiger partial charge on any atom is -0.480 e. The molecule has 0 aliphatic heterocycles. The van der Waals surface area contributed by atoms with Gasteiger partial charge in [0.2, 0.25) is 0 Å². The summed E-state index contributed by atoms with van der Waals surface area (Å²) in [4.78, 5) is 22.0. The molecule has 64 valence electrons. The summed E-state index contributed by atoms with van der Waals surface area (Å²) >= 11 is 0. The number of carbonyl (C=O) groups excluding carboxylic acids is 1. The molecule has 5 heteroatoms. The Labute approximate surface area is 64.8 Å². The molecule has 0 aromatic heterocycles. The molecule has 0 aromatic carbocycles. The molecule has 0 saturated heterocycles. The average molecular weight is 160 g/mol. The maximum atomic E-state index is 10.5. The fourth-order valence-electron chi connectivity index (χ4n) is 0.419. The van der Waals surface area contributed by atoms with Crippen LogP contribution in [0.25, 0.3) is 0 Å². The summed E-state index contributed by atoms with van der Waals surface area (Å²) < 4.78 is 0. The molecule has 0 aliphatic carbocycles. The van der Waals surface area contributed by atoms with E-state index in [9.17, 15) is 9.59 Å². The lowest BCUT2D eigenvalue weighted by atomic mass is 10.1. The molecule has 0 atom stereocenters. The molecule has 0 heterocycles. The second-order valence-corrected chi connectivity index (χ2v) is 2.76. The Kier molecular flexibility index (Phi) is 2.46. The molecule has 3 N–H and O–H groups in total. The van der Waals surface area contributed by atoms with E-state index in [4.69, 9.17) is 10.8 Å². The molecule has 0 aromatic rings. The van der Waals surface area contributed by atoms with Gasteiger partial charge >= 0.3 is 12.0 Å². The van der Waals surface area contributed by atoms with Crippen molar-refractivity contribution in [3.8, 4) is 0 Å². The Morgan fingerprint density at radius 3 is 1.91 bits per heavy atom. The highest BCUT2D eigenvalue weighted by atomic mass is 16.4. The second-order valence-electron chi connectivity index (χ2n) is 2.76. The summed E-state index contributed by atoms with van der Waals surface area (Å²) in [5, 5.41) is 8.61. The third-order valence-electron chi connectivity index (χ3n) is 1.69. The Morgan fingerprint density at radius 1 is 1.45 bits per heavy atom. The van der Waals surface area contributed by atoms with E-state index in [-0.39, 0.29) is 0 Å². The van der Waals surface area contributed by atoms with Crippen molar-refractivity contribution >= 4 is 12.0 Å². The van der Waals surface area contributed by atoms with Gasteiger partial charge in [-0.1, -0.05) is 0 Å².